The molecule has 1 heteroatoms. The zero-order valence-electron chi connectivity index (χ0n) is 26.6. The average Bonchev–Trinajstić information content (AvgIpc) is 2.96. The summed E-state index contributed by atoms with van der Waals surface area (Å²) in [5.74, 6) is 1.69. The van der Waals surface area contributed by atoms with Crippen LogP contribution < -0.4 is 0 Å². The number of hydrogen-bond donors (Lipinski definition) is 0. The second-order valence-electron chi connectivity index (χ2n) is 9.66. The van der Waals surface area contributed by atoms with Crippen LogP contribution in [0.25, 0.3) is 10.8 Å². The van der Waals surface area contributed by atoms with Gasteiger partial charge >= 0.3 is 0 Å². The molecule has 2 aromatic carbocycles. The largest absolute Gasteiger partial charge is 0.384 e. The summed E-state index contributed by atoms with van der Waals surface area (Å²) in [5, 5.41) is 2.76. The Balaban J connectivity index is 0. The molecule has 0 amide bonds. The number of allylic oxidation sites excluding steroid dienone is 6. The number of benzene rings is 2. The topological polar surface area (TPSA) is 9.23 Å². The van der Waals surface area contributed by atoms with Gasteiger partial charge in [0, 0.05) is 13.7 Å². The third-order valence-corrected chi connectivity index (χ3v) is 6.10. The van der Waals surface area contributed by atoms with Crippen LogP contribution in [0.1, 0.15) is 112 Å². The predicted octanol–water partition coefficient (Wildman–Crippen LogP) is 12.2. The molecule has 0 spiro atoms. The standard InChI is InChI=1S/C13H14.C12H20.C8H16O.2C2H6/c1-2-6-11-8-5-9-12-7-3-4-10-13(11)12;1-4-5-6-7-8-9-10-11-12(2)3;1-9-7-8-5-3-2-4-6-8;2*1-2/h3-5,7-10H,2,6H2,1H3;4-9,12H,10-11H2,1-3H3;8H,2-7H2,1H3;2*1-2H3/b;5-4-,7-6-,9-8+;;;. The first-order chi connectivity index (χ1) is 18.6. The van der Waals surface area contributed by atoms with Gasteiger partial charge in [-0.3, -0.25) is 0 Å². The van der Waals surface area contributed by atoms with Crippen LogP contribution in [-0.2, 0) is 11.2 Å². The maximum atomic E-state index is 5.08. The molecule has 0 bridgehead atoms. The molecule has 0 unspecified atom stereocenters. The third-order valence-electron chi connectivity index (χ3n) is 6.10. The molecule has 0 aromatic heterocycles. The minimum Gasteiger partial charge on any atom is -0.384 e. The Kier molecular flexibility index (Phi) is 29.5. The van der Waals surface area contributed by atoms with E-state index in [2.05, 4.69) is 81.5 Å². The lowest BCUT2D eigenvalue weighted by atomic mass is 9.90. The summed E-state index contributed by atoms with van der Waals surface area (Å²) < 4.78 is 5.08. The molecule has 1 aliphatic carbocycles. The van der Waals surface area contributed by atoms with Crippen molar-refractivity contribution in [3.63, 3.8) is 0 Å². The number of hydrogen-bond acceptors (Lipinski definition) is 1. The zero-order chi connectivity index (χ0) is 28.9. The van der Waals surface area contributed by atoms with Crippen molar-refractivity contribution in [3.8, 4) is 0 Å². The average molecular weight is 523 g/mol. The summed E-state index contributed by atoms with van der Waals surface area (Å²) in [6.07, 6.45) is 24.5. The fraction of sp³-hybridized carbons (Fsp3) is 0.568. The van der Waals surface area contributed by atoms with Gasteiger partial charge in [0.05, 0.1) is 0 Å². The van der Waals surface area contributed by atoms with E-state index in [-0.39, 0.29) is 0 Å². The van der Waals surface area contributed by atoms with Crippen LogP contribution in [0.3, 0.4) is 0 Å². The van der Waals surface area contributed by atoms with Crippen LogP contribution in [0.5, 0.6) is 0 Å². The van der Waals surface area contributed by atoms with Crippen molar-refractivity contribution in [2.75, 3.05) is 13.7 Å². The molecule has 0 radical (unpaired) electrons. The zero-order valence-corrected chi connectivity index (χ0v) is 26.6. The lowest BCUT2D eigenvalue weighted by molar-refractivity contribution is 0.131. The first-order valence-electron chi connectivity index (χ1n) is 15.5. The summed E-state index contributed by atoms with van der Waals surface area (Å²) >= 11 is 0. The first kappa shape index (κ1) is 38.0. The van der Waals surface area contributed by atoms with Gasteiger partial charge in [0.1, 0.15) is 0 Å². The van der Waals surface area contributed by atoms with Gasteiger partial charge in [-0.05, 0) is 67.2 Å². The van der Waals surface area contributed by atoms with E-state index in [0.717, 1.165) is 18.4 Å². The van der Waals surface area contributed by atoms with Gasteiger partial charge in [-0.1, -0.05) is 153 Å². The van der Waals surface area contributed by atoms with Crippen LogP contribution in [-0.4, -0.2) is 13.7 Å². The lowest BCUT2D eigenvalue weighted by Gasteiger charge is -2.19. The monoisotopic (exact) mass is 522 g/mol. The van der Waals surface area contributed by atoms with Gasteiger partial charge in [-0.2, -0.15) is 0 Å². The van der Waals surface area contributed by atoms with E-state index in [1.165, 1.54) is 74.1 Å². The number of fused-ring (bicyclic) bond motifs is 1. The molecule has 0 aliphatic heterocycles. The van der Waals surface area contributed by atoms with E-state index in [4.69, 9.17) is 4.74 Å². The van der Waals surface area contributed by atoms with Crippen LogP contribution in [0.4, 0.5) is 0 Å². The van der Waals surface area contributed by atoms with Gasteiger partial charge < -0.3 is 4.74 Å². The molecule has 0 heterocycles. The maximum absolute atomic E-state index is 5.08. The van der Waals surface area contributed by atoms with E-state index < -0.39 is 0 Å². The normalized spacial score (nSPS) is 13.3. The number of ether oxygens (including phenoxy) is 1. The lowest BCUT2D eigenvalue weighted by Crippen LogP contribution is -2.11. The van der Waals surface area contributed by atoms with E-state index in [1.54, 1.807) is 7.11 Å². The van der Waals surface area contributed by atoms with Crippen LogP contribution in [0, 0.1) is 11.8 Å². The van der Waals surface area contributed by atoms with Crippen molar-refractivity contribution in [3.05, 3.63) is 84.5 Å². The highest BCUT2D eigenvalue weighted by Crippen LogP contribution is 2.23. The molecule has 1 saturated carbocycles. The minimum absolute atomic E-state index is 0.814. The molecule has 216 valence electrons. The minimum atomic E-state index is 0.814. The summed E-state index contributed by atoms with van der Waals surface area (Å²) in [5.41, 5.74) is 1.47. The Morgan fingerprint density at radius 1 is 0.842 bits per heavy atom. The highest BCUT2D eigenvalue weighted by atomic mass is 16.5. The molecular weight excluding hydrogens is 460 g/mol. The van der Waals surface area contributed by atoms with Crippen molar-refractivity contribution >= 4 is 10.8 Å². The van der Waals surface area contributed by atoms with Crippen molar-refractivity contribution in [1.29, 1.82) is 0 Å². The summed E-state index contributed by atoms with van der Waals surface area (Å²) in [4.78, 5) is 0. The Morgan fingerprint density at radius 2 is 1.47 bits per heavy atom. The summed E-state index contributed by atoms with van der Waals surface area (Å²) in [7, 11) is 1.80. The quantitative estimate of drug-likeness (QED) is 0.297. The van der Waals surface area contributed by atoms with Crippen molar-refractivity contribution < 1.29 is 4.74 Å². The highest BCUT2D eigenvalue weighted by Gasteiger charge is 2.11. The summed E-state index contributed by atoms with van der Waals surface area (Å²) in [6.45, 7) is 17.7. The van der Waals surface area contributed by atoms with Crippen molar-refractivity contribution in [1.82, 2.24) is 0 Å². The second-order valence-corrected chi connectivity index (χ2v) is 9.66. The van der Waals surface area contributed by atoms with Crippen LogP contribution >= 0.6 is 0 Å². The fourth-order valence-electron chi connectivity index (χ4n) is 4.21. The third kappa shape index (κ3) is 20.9. The summed E-state index contributed by atoms with van der Waals surface area (Å²) in [6, 6.07) is 15.1. The van der Waals surface area contributed by atoms with Crippen LogP contribution in [0.15, 0.2) is 78.9 Å². The van der Waals surface area contributed by atoms with E-state index in [1.807, 2.05) is 52.8 Å². The molecule has 1 fully saturated rings. The maximum Gasteiger partial charge on any atom is 0.0490 e. The second kappa shape index (κ2) is 29.4. The van der Waals surface area contributed by atoms with Gasteiger partial charge in [0.2, 0.25) is 0 Å². The number of rotatable bonds is 9. The molecule has 3 rings (SSSR count). The smallest absolute Gasteiger partial charge is 0.0490 e. The molecule has 0 atom stereocenters. The predicted molar refractivity (Wildman–Crippen MR) is 176 cm³/mol. The van der Waals surface area contributed by atoms with Gasteiger partial charge in [-0.25, -0.2) is 0 Å². The molecule has 1 nitrogen and oxygen atoms in total. The SMILES string of the molecule is CC.CC.CCCc1cccc2ccccc12.COCC1CCCCC1.C\C=C/C=C\C=C\CCC(C)C. The molecule has 1 aliphatic rings. The highest BCUT2D eigenvalue weighted by molar-refractivity contribution is 5.85. The number of aryl methyl sites for hydroxylation is 1. The van der Waals surface area contributed by atoms with E-state index >= 15 is 0 Å². The Hall–Kier alpha value is -2.12. The fourth-order valence-corrected chi connectivity index (χ4v) is 4.21. The van der Waals surface area contributed by atoms with Crippen molar-refractivity contribution in [2.45, 2.75) is 113 Å². The Morgan fingerprint density at radius 3 is 2.08 bits per heavy atom. The van der Waals surface area contributed by atoms with E-state index in [0.29, 0.717) is 0 Å². The number of methoxy groups -OCH3 is 1. The Bertz CT molecular complexity index is 813. The van der Waals surface area contributed by atoms with Gasteiger partial charge in [-0.15, -0.1) is 0 Å². The first-order valence-corrected chi connectivity index (χ1v) is 15.5. The molecule has 38 heavy (non-hydrogen) atoms. The van der Waals surface area contributed by atoms with Crippen molar-refractivity contribution in [2.24, 2.45) is 11.8 Å². The molecule has 2 aromatic rings. The molecule has 0 saturated heterocycles. The Labute approximate surface area is 238 Å². The molecule has 0 N–H and O–H groups in total. The van der Waals surface area contributed by atoms with Gasteiger partial charge in [0.25, 0.3) is 0 Å². The van der Waals surface area contributed by atoms with E-state index in [9.17, 15) is 0 Å². The molecular formula is C37H62O. The van der Waals surface area contributed by atoms with Crippen LogP contribution in [0.2, 0.25) is 0 Å². The van der Waals surface area contributed by atoms with Gasteiger partial charge in [0.15, 0.2) is 0 Å².